The number of carbonyl (C=O) groups is 2. The van der Waals surface area contributed by atoms with Gasteiger partial charge in [-0.2, -0.15) is 0 Å². The number of carbonyl (C=O) groups excluding carboxylic acids is 1. The Morgan fingerprint density at radius 1 is 1.12 bits per heavy atom. The molecule has 0 aliphatic carbocycles. The predicted molar refractivity (Wildman–Crippen MR) is 120 cm³/mol. The highest BCUT2D eigenvalue weighted by Crippen LogP contribution is 2.32. The number of anilines is 1. The Labute approximate surface area is 185 Å². The topological polar surface area (TPSA) is 95.9 Å². The van der Waals surface area contributed by atoms with Gasteiger partial charge in [0, 0.05) is 11.5 Å². The molecule has 3 rings (SSSR count). The van der Waals surface area contributed by atoms with Crippen LogP contribution in [0.1, 0.15) is 31.4 Å². The third-order valence-electron chi connectivity index (χ3n) is 5.13. The molecular weight excluding hydrogens is 413 g/mol. The van der Waals surface area contributed by atoms with E-state index >= 15 is 0 Å². The van der Waals surface area contributed by atoms with Crippen LogP contribution in [0.15, 0.2) is 72.8 Å². The van der Waals surface area contributed by atoms with Gasteiger partial charge in [-0.05, 0) is 47.9 Å². The zero-order valence-electron chi connectivity index (χ0n) is 17.5. The van der Waals surface area contributed by atoms with Crippen LogP contribution in [0, 0.1) is 11.7 Å². The summed E-state index contributed by atoms with van der Waals surface area (Å²) < 4.78 is 19.7. The minimum atomic E-state index is -1.04. The van der Waals surface area contributed by atoms with Gasteiger partial charge in [0.05, 0.1) is 5.69 Å². The molecule has 1 amide bonds. The number of phenolic OH excluding ortho intramolecular Hbond substituents is 1. The maximum Gasteiger partial charge on any atom is 0.412 e. The van der Waals surface area contributed by atoms with E-state index in [9.17, 15) is 19.1 Å². The summed E-state index contributed by atoms with van der Waals surface area (Å²) in [6.45, 7) is 1.83. The van der Waals surface area contributed by atoms with Crippen molar-refractivity contribution in [3.63, 3.8) is 0 Å². The summed E-state index contributed by atoms with van der Waals surface area (Å²) in [5, 5.41) is 22.8. The smallest absolute Gasteiger partial charge is 0.412 e. The van der Waals surface area contributed by atoms with Gasteiger partial charge in [-0.15, -0.1) is 0 Å². The van der Waals surface area contributed by atoms with Crippen molar-refractivity contribution in [3.8, 4) is 5.75 Å². The zero-order chi connectivity index (χ0) is 23.1. The van der Waals surface area contributed by atoms with Gasteiger partial charge >= 0.3 is 12.1 Å². The van der Waals surface area contributed by atoms with Crippen molar-refractivity contribution in [2.45, 2.75) is 25.9 Å². The zero-order valence-corrected chi connectivity index (χ0v) is 17.5. The molecule has 166 valence electrons. The highest BCUT2D eigenvalue weighted by atomic mass is 19.1. The highest BCUT2D eigenvalue weighted by molar-refractivity contribution is 6.00. The minimum Gasteiger partial charge on any atom is -0.505 e. The highest BCUT2D eigenvalue weighted by Gasteiger charge is 2.25. The lowest BCUT2D eigenvalue weighted by atomic mass is 9.93. The molecule has 0 spiro atoms. The Kier molecular flexibility index (Phi) is 7.44. The molecule has 0 heterocycles. The van der Waals surface area contributed by atoms with E-state index in [0.717, 1.165) is 22.9 Å². The molecule has 0 saturated carbocycles. The monoisotopic (exact) mass is 437 g/mol. The fourth-order valence-corrected chi connectivity index (χ4v) is 3.50. The maximum atomic E-state index is 14.0. The Bertz CT molecular complexity index is 1140. The lowest BCUT2D eigenvalue weighted by Crippen LogP contribution is -2.22. The number of ether oxygens (including phenoxy) is 1. The molecule has 2 atom stereocenters. The van der Waals surface area contributed by atoms with E-state index in [1.807, 2.05) is 43.3 Å². The lowest BCUT2D eigenvalue weighted by Gasteiger charge is -2.25. The molecule has 0 aliphatic heterocycles. The van der Waals surface area contributed by atoms with Crippen LogP contribution in [0.3, 0.4) is 0 Å². The average Bonchev–Trinajstić information content (AvgIpc) is 2.77. The van der Waals surface area contributed by atoms with Crippen LogP contribution in [0.25, 0.3) is 10.8 Å². The van der Waals surface area contributed by atoms with Crippen LogP contribution in [-0.2, 0) is 9.53 Å². The van der Waals surface area contributed by atoms with Crippen molar-refractivity contribution in [2.75, 3.05) is 5.32 Å². The lowest BCUT2D eigenvalue weighted by molar-refractivity contribution is -0.131. The molecule has 3 N–H and O–H groups in total. The third kappa shape index (κ3) is 5.85. The van der Waals surface area contributed by atoms with E-state index in [4.69, 9.17) is 9.84 Å². The van der Waals surface area contributed by atoms with Gasteiger partial charge in [-0.1, -0.05) is 55.5 Å². The number of phenols is 1. The van der Waals surface area contributed by atoms with Crippen molar-refractivity contribution >= 4 is 28.5 Å². The van der Waals surface area contributed by atoms with E-state index in [2.05, 4.69) is 5.32 Å². The number of carboxylic acid groups (broad SMARTS) is 1. The number of fused-ring (bicyclic) bond motifs is 1. The van der Waals surface area contributed by atoms with Crippen LogP contribution >= 0.6 is 0 Å². The number of halogens is 1. The first kappa shape index (κ1) is 22.8. The van der Waals surface area contributed by atoms with E-state index in [-0.39, 0.29) is 5.92 Å². The standard InChI is InChI=1S/C25H24FNO5/c1-16(7-2-5-12-23(29)30)24(18-13-14-22(28)20(26)15-18)32-25(31)27-21-11-6-9-17-8-3-4-10-19(17)21/h3-6,8-16,24,28H,2,7H2,1H3,(H,27,31)(H,29,30)/b12-5+/t16-,24+/m0/s1. The van der Waals surface area contributed by atoms with E-state index in [0.29, 0.717) is 24.1 Å². The molecule has 0 saturated heterocycles. The van der Waals surface area contributed by atoms with Crippen LogP contribution in [0.4, 0.5) is 14.9 Å². The van der Waals surface area contributed by atoms with E-state index in [1.165, 1.54) is 18.2 Å². The molecule has 32 heavy (non-hydrogen) atoms. The number of amides is 1. The molecule has 0 aliphatic rings. The second-order valence-electron chi connectivity index (χ2n) is 7.48. The van der Waals surface area contributed by atoms with Gasteiger partial charge in [0.25, 0.3) is 0 Å². The number of aromatic hydroxyl groups is 1. The summed E-state index contributed by atoms with van der Waals surface area (Å²) in [4.78, 5) is 23.4. The number of carboxylic acids is 1. The molecular formula is C25H24FNO5. The van der Waals surface area contributed by atoms with Gasteiger partial charge < -0.3 is 14.9 Å². The SMILES string of the molecule is C[C@@H](CC/C=C/C(=O)O)[C@@H](OC(=O)Nc1cccc2ccccc12)c1ccc(O)c(F)c1. The predicted octanol–water partition coefficient (Wildman–Crippen LogP) is 6.03. The van der Waals surface area contributed by atoms with Crippen LogP contribution in [0.5, 0.6) is 5.75 Å². The van der Waals surface area contributed by atoms with Crippen LogP contribution in [-0.4, -0.2) is 22.3 Å². The number of aliphatic carboxylic acids is 1. The van der Waals surface area contributed by atoms with Gasteiger partial charge in [-0.3, -0.25) is 5.32 Å². The Morgan fingerprint density at radius 3 is 2.62 bits per heavy atom. The number of hydrogen-bond donors (Lipinski definition) is 3. The van der Waals surface area contributed by atoms with Crippen molar-refractivity contribution < 1.29 is 28.9 Å². The summed E-state index contributed by atoms with van der Waals surface area (Å²) in [6, 6.07) is 16.9. The second kappa shape index (κ2) is 10.4. The summed E-state index contributed by atoms with van der Waals surface area (Å²) in [7, 11) is 0. The van der Waals surface area contributed by atoms with Crippen LogP contribution in [0.2, 0.25) is 0 Å². The minimum absolute atomic E-state index is 0.254. The summed E-state index contributed by atoms with van der Waals surface area (Å²) in [5.74, 6) is -2.61. The van der Waals surface area contributed by atoms with Crippen molar-refractivity contribution in [1.82, 2.24) is 0 Å². The Balaban J connectivity index is 1.79. The molecule has 3 aromatic carbocycles. The fraction of sp³-hybridized carbons (Fsp3) is 0.200. The molecule has 0 unspecified atom stereocenters. The first-order valence-electron chi connectivity index (χ1n) is 10.2. The fourth-order valence-electron chi connectivity index (χ4n) is 3.50. The normalized spacial score (nSPS) is 13.1. The molecule has 3 aromatic rings. The average molecular weight is 437 g/mol. The summed E-state index contributed by atoms with van der Waals surface area (Å²) in [6.07, 6.45) is 2.00. The van der Waals surface area contributed by atoms with E-state index < -0.39 is 29.7 Å². The van der Waals surface area contributed by atoms with Crippen molar-refractivity contribution in [1.29, 1.82) is 0 Å². The van der Waals surface area contributed by atoms with Gasteiger partial charge in [0.1, 0.15) is 6.10 Å². The summed E-state index contributed by atoms with van der Waals surface area (Å²) >= 11 is 0. The molecule has 0 bridgehead atoms. The number of benzene rings is 3. The first-order valence-corrected chi connectivity index (χ1v) is 10.2. The van der Waals surface area contributed by atoms with Crippen molar-refractivity contribution in [3.05, 3.63) is 84.2 Å². The first-order chi connectivity index (χ1) is 15.3. The molecule has 7 heteroatoms. The molecule has 0 aromatic heterocycles. The number of allylic oxidation sites excluding steroid dienone is 1. The second-order valence-corrected chi connectivity index (χ2v) is 7.48. The molecule has 0 fully saturated rings. The molecule has 0 radical (unpaired) electrons. The maximum absolute atomic E-state index is 14.0. The van der Waals surface area contributed by atoms with Crippen molar-refractivity contribution in [2.24, 2.45) is 5.92 Å². The summed E-state index contributed by atoms with van der Waals surface area (Å²) in [5.41, 5.74) is 0.976. The number of rotatable bonds is 8. The molecule has 6 nitrogen and oxygen atoms in total. The number of hydrogen-bond acceptors (Lipinski definition) is 4. The largest absolute Gasteiger partial charge is 0.505 e. The van der Waals surface area contributed by atoms with Gasteiger partial charge in [-0.25, -0.2) is 14.0 Å². The van der Waals surface area contributed by atoms with Gasteiger partial charge in [0.15, 0.2) is 11.6 Å². The van der Waals surface area contributed by atoms with E-state index in [1.54, 1.807) is 6.07 Å². The third-order valence-corrected chi connectivity index (χ3v) is 5.13. The van der Waals surface area contributed by atoms with Crippen LogP contribution < -0.4 is 5.32 Å². The van der Waals surface area contributed by atoms with Gasteiger partial charge in [0.2, 0.25) is 0 Å². The number of nitrogens with one attached hydrogen (secondary N) is 1. The Morgan fingerprint density at radius 2 is 1.88 bits per heavy atom. The quantitative estimate of drug-likeness (QED) is 0.374. The Hall–Kier alpha value is -3.87.